The number of carbonyl (C=O) groups is 1. The molecule has 1 atom stereocenters. The van der Waals surface area contributed by atoms with Crippen LogP contribution in [0.15, 0.2) is 12.1 Å². The Morgan fingerprint density at radius 3 is 2.68 bits per heavy atom. The molecule has 4 heteroatoms. The molecular formula is C15H26N2OS. The fraction of sp³-hybridized carbons (Fsp3) is 0.667. The Balaban J connectivity index is 2.13. The zero-order valence-electron chi connectivity index (χ0n) is 12.1. The number of nitrogens with one attached hydrogen (secondary N) is 1. The van der Waals surface area contributed by atoms with Crippen molar-refractivity contribution >= 4 is 17.2 Å². The van der Waals surface area contributed by atoms with Gasteiger partial charge in [-0.3, -0.25) is 4.79 Å². The summed E-state index contributed by atoms with van der Waals surface area (Å²) in [6.07, 6.45) is 5.83. The molecule has 0 aliphatic carbocycles. The number of hydrogen-bond acceptors (Lipinski definition) is 3. The lowest BCUT2D eigenvalue weighted by Gasteiger charge is -2.12. The van der Waals surface area contributed by atoms with E-state index in [-0.39, 0.29) is 11.9 Å². The lowest BCUT2D eigenvalue weighted by Crippen LogP contribution is -2.33. The topological polar surface area (TPSA) is 55.1 Å². The van der Waals surface area contributed by atoms with Gasteiger partial charge < -0.3 is 11.1 Å². The van der Waals surface area contributed by atoms with Gasteiger partial charge in [0.25, 0.3) is 0 Å². The molecule has 1 aromatic heterocycles. The highest BCUT2D eigenvalue weighted by atomic mass is 32.1. The minimum Gasteiger partial charge on any atom is -0.353 e. The summed E-state index contributed by atoms with van der Waals surface area (Å²) in [6, 6.07) is 4.50. The molecule has 1 aromatic rings. The average Bonchev–Trinajstić information content (AvgIpc) is 2.74. The molecule has 0 aliphatic heterocycles. The molecule has 0 radical (unpaired) electrons. The van der Waals surface area contributed by atoms with Gasteiger partial charge in [0, 0.05) is 28.6 Å². The molecule has 0 aromatic carbocycles. The van der Waals surface area contributed by atoms with Crippen LogP contribution in [0.25, 0.3) is 0 Å². The first-order valence-corrected chi connectivity index (χ1v) is 7.98. The smallest absolute Gasteiger partial charge is 0.220 e. The van der Waals surface area contributed by atoms with E-state index in [1.807, 2.05) is 0 Å². The number of carbonyl (C=O) groups excluding carboxylic acids is 1. The summed E-state index contributed by atoms with van der Waals surface area (Å²) in [7, 11) is 0. The van der Waals surface area contributed by atoms with E-state index in [0.717, 1.165) is 38.6 Å². The van der Waals surface area contributed by atoms with Crippen LogP contribution >= 0.6 is 11.3 Å². The van der Waals surface area contributed by atoms with E-state index in [1.54, 1.807) is 11.3 Å². The molecule has 1 unspecified atom stereocenters. The van der Waals surface area contributed by atoms with E-state index >= 15 is 0 Å². The molecule has 3 nitrogen and oxygen atoms in total. The summed E-state index contributed by atoms with van der Waals surface area (Å²) in [4.78, 5) is 14.4. The summed E-state index contributed by atoms with van der Waals surface area (Å²) >= 11 is 1.81. The summed E-state index contributed by atoms with van der Waals surface area (Å²) in [5, 5.41) is 3.07. The second-order valence-electron chi connectivity index (χ2n) is 5.14. The molecule has 0 spiro atoms. The Hall–Kier alpha value is -0.870. The lowest BCUT2D eigenvalue weighted by molar-refractivity contribution is -0.121. The fourth-order valence-electron chi connectivity index (χ4n) is 2.08. The van der Waals surface area contributed by atoms with Crippen LogP contribution in [0.3, 0.4) is 0 Å². The number of unbranched alkanes of at least 4 members (excludes halogenated alkanes) is 3. The van der Waals surface area contributed by atoms with Crippen LogP contribution in [-0.4, -0.2) is 18.5 Å². The maximum atomic E-state index is 11.7. The maximum Gasteiger partial charge on any atom is 0.220 e. The first-order valence-electron chi connectivity index (χ1n) is 7.16. The third-order valence-corrected chi connectivity index (χ3v) is 4.09. The molecule has 1 heterocycles. The van der Waals surface area contributed by atoms with Crippen molar-refractivity contribution in [2.75, 3.05) is 6.54 Å². The standard InChI is InChI=1S/C15H26N2OS/c1-12(11-14-9-8-13(2)19-14)17-15(18)7-5-3-4-6-10-16/h8-9,12H,3-7,10-11,16H2,1-2H3,(H,17,18). The van der Waals surface area contributed by atoms with Gasteiger partial charge >= 0.3 is 0 Å². The van der Waals surface area contributed by atoms with Crippen molar-refractivity contribution in [3.63, 3.8) is 0 Å². The van der Waals surface area contributed by atoms with Crippen LogP contribution < -0.4 is 11.1 Å². The molecule has 108 valence electrons. The summed E-state index contributed by atoms with van der Waals surface area (Å²) in [6.45, 7) is 4.93. The highest BCUT2D eigenvalue weighted by Gasteiger charge is 2.08. The quantitative estimate of drug-likeness (QED) is 0.684. The normalized spacial score (nSPS) is 12.4. The van der Waals surface area contributed by atoms with Crippen molar-refractivity contribution in [1.29, 1.82) is 0 Å². The van der Waals surface area contributed by atoms with Gasteiger partial charge in [0.15, 0.2) is 0 Å². The average molecular weight is 282 g/mol. The fourth-order valence-corrected chi connectivity index (χ4v) is 3.10. The lowest BCUT2D eigenvalue weighted by atomic mass is 10.1. The van der Waals surface area contributed by atoms with Crippen LogP contribution in [0, 0.1) is 6.92 Å². The van der Waals surface area contributed by atoms with E-state index in [2.05, 4.69) is 31.3 Å². The molecular weight excluding hydrogens is 256 g/mol. The zero-order chi connectivity index (χ0) is 14.1. The van der Waals surface area contributed by atoms with Crippen molar-refractivity contribution in [1.82, 2.24) is 5.32 Å². The second kappa shape index (κ2) is 9.10. The molecule has 0 bridgehead atoms. The van der Waals surface area contributed by atoms with Crippen molar-refractivity contribution in [2.24, 2.45) is 5.73 Å². The van der Waals surface area contributed by atoms with Gasteiger partial charge in [-0.15, -0.1) is 11.3 Å². The van der Waals surface area contributed by atoms with Gasteiger partial charge in [0.1, 0.15) is 0 Å². The second-order valence-corrected chi connectivity index (χ2v) is 6.51. The molecule has 0 saturated heterocycles. The van der Waals surface area contributed by atoms with Crippen LogP contribution in [0.2, 0.25) is 0 Å². The van der Waals surface area contributed by atoms with Crippen molar-refractivity contribution in [2.45, 2.75) is 58.4 Å². The van der Waals surface area contributed by atoms with Crippen LogP contribution in [0.4, 0.5) is 0 Å². The van der Waals surface area contributed by atoms with E-state index in [1.165, 1.54) is 9.75 Å². The van der Waals surface area contributed by atoms with Gasteiger partial charge in [-0.2, -0.15) is 0 Å². The van der Waals surface area contributed by atoms with Gasteiger partial charge in [-0.1, -0.05) is 12.8 Å². The summed E-state index contributed by atoms with van der Waals surface area (Å²) in [5.74, 6) is 0.175. The molecule has 1 rings (SSSR count). The molecule has 0 fully saturated rings. The zero-order valence-corrected chi connectivity index (χ0v) is 12.9. The Labute approximate surface area is 120 Å². The first-order chi connectivity index (χ1) is 9.11. The molecule has 1 amide bonds. The largest absolute Gasteiger partial charge is 0.353 e. The number of aryl methyl sites for hydroxylation is 1. The van der Waals surface area contributed by atoms with Gasteiger partial charge in [-0.05, 0) is 45.4 Å². The van der Waals surface area contributed by atoms with E-state index in [4.69, 9.17) is 5.73 Å². The number of rotatable bonds is 9. The Morgan fingerprint density at radius 1 is 1.32 bits per heavy atom. The van der Waals surface area contributed by atoms with Crippen LogP contribution in [0.1, 0.15) is 48.8 Å². The minimum absolute atomic E-state index is 0.175. The van der Waals surface area contributed by atoms with Gasteiger partial charge in [0.2, 0.25) is 5.91 Å². The number of hydrogen-bond donors (Lipinski definition) is 2. The van der Waals surface area contributed by atoms with Crippen LogP contribution in [0.5, 0.6) is 0 Å². The Bertz CT molecular complexity index is 376. The van der Waals surface area contributed by atoms with Gasteiger partial charge in [0.05, 0.1) is 0 Å². The van der Waals surface area contributed by atoms with Crippen molar-refractivity contribution in [3.05, 3.63) is 21.9 Å². The van der Waals surface area contributed by atoms with Crippen molar-refractivity contribution in [3.8, 4) is 0 Å². The molecule has 3 N–H and O–H groups in total. The number of amides is 1. The summed E-state index contributed by atoms with van der Waals surface area (Å²) < 4.78 is 0. The van der Waals surface area contributed by atoms with E-state index in [0.29, 0.717) is 6.42 Å². The predicted octanol–water partition coefficient (Wildman–Crippen LogP) is 3.01. The predicted molar refractivity (Wildman–Crippen MR) is 82.5 cm³/mol. The number of thiophene rings is 1. The third kappa shape index (κ3) is 7.33. The molecule has 0 saturated carbocycles. The Morgan fingerprint density at radius 2 is 2.05 bits per heavy atom. The molecule has 19 heavy (non-hydrogen) atoms. The number of nitrogens with two attached hydrogens (primary N) is 1. The maximum absolute atomic E-state index is 11.7. The monoisotopic (exact) mass is 282 g/mol. The van der Waals surface area contributed by atoms with Crippen molar-refractivity contribution < 1.29 is 4.79 Å². The van der Waals surface area contributed by atoms with E-state index < -0.39 is 0 Å². The van der Waals surface area contributed by atoms with Gasteiger partial charge in [-0.25, -0.2) is 0 Å². The highest BCUT2D eigenvalue weighted by molar-refractivity contribution is 7.11. The SMILES string of the molecule is Cc1ccc(CC(C)NC(=O)CCCCCCN)s1. The minimum atomic E-state index is 0.175. The molecule has 0 aliphatic rings. The third-order valence-electron chi connectivity index (χ3n) is 3.07. The van der Waals surface area contributed by atoms with Crippen LogP contribution in [-0.2, 0) is 11.2 Å². The Kier molecular flexibility index (Phi) is 7.75. The highest BCUT2D eigenvalue weighted by Crippen LogP contribution is 2.16. The summed E-state index contributed by atoms with van der Waals surface area (Å²) in [5.41, 5.74) is 5.43. The first kappa shape index (κ1) is 16.2. The van der Waals surface area contributed by atoms with E-state index in [9.17, 15) is 4.79 Å².